The zero-order chi connectivity index (χ0) is 23.4. The number of likely N-dealkylation sites (tertiary alicyclic amines) is 1. The molecule has 172 valence electrons. The Morgan fingerprint density at radius 3 is 2.61 bits per heavy atom. The van der Waals surface area contributed by atoms with Crippen LogP contribution in [0.1, 0.15) is 35.7 Å². The Morgan fingerprint density at radius 2 is 1.88 bits per heavy atom. The van der Waals surface area contributed by atoms with Gasteiger partial charge in [-0.25, -0.2) is 4.39 Å². The molecule has 0 radical (unpaired) electrons. The zero-order valence-corrected chi connectivity index (χ0v) is 19.1. The maximum absolute atomic E-state index is 13.6. The van der Waals surface area contributed by atoms with Gasteiger partial charge in [0.15, 0.2) is 0 Å². The summed E-state index contributed by atoms with van der Waals surface area (Å²) in [6.45, 7) is 3.83. The Labute approximate surface area is 193 Å². The van der Waals surface area contributed by atoms with E-state index in [4.69, 9.17) is 4.74 Å². The number of nitrogens with zero attached hydrogens (tertiary/aromatic N) is 2. The number of carbonyl (C=O) groups excluding carboxylic acids is 2. The molecular weight excluding hydrogens is 419 g/mol. The van der Waals surface area contributed by atoms with Crippen LogP contribution in [0.15, 0.2) is 60.7 Å². The third-order valence-corrected chi connectivity index (χ3v) is 6.35. The van der Waals surface area contributed by atoms with E-state index in [1.807, 2.05) is 43.3 Å². The molecule has 0 aliphatic carbocycles. The van der Waals surface area contributed by atoms with Crippen LogP contribution in [0.4, 0.5) is 4.39 Å². The lowest BCUT2D eigenvalue weighted by atomic mass is 9.94. The number of rotatable bonds is 6. The van der Waals surface area contributed by atoms with Crippen LogP contribution in [-0.4, -0.2) is 48.4 Å². The molecule has 2 amide bonds. The van der Waals surface area contributed by atoms with Crippen LogP contribution in [-0.2, 0) is 11.3 Å². The Morgan fingerprint density at radius 1 is 1.09 bits per heavy atom. The second kappa shape index (κ2) is 10.0. The fourth-order valence-corrected chi connectivity index (χ4v) is 4.63. The van der Waals surface area contributed by atoms with Crippen molar-refractivity contribution in [3.8, 4) is 5.75 Å². The molecule has 1 atom stereocenters. The number of amides is 2. The highest BCUT2D eigenvalue weighted by molar-refractivity contribution is 6.08. The number of hydrogen-bond acceptors (Lipinski definition) is 3. The van der Waals surface area contributed by atoms with Gasteiger partial charge < -0.3 is 14.5 Å². The van der Waals surface area contributed by atoms with Gasteiger partial charge in [0.1, 0.15) is 11.6 Å². The molecule has 1 unspecified atom stereocenters. The van der Waals surface area contributed by atoms with Crippen molar-refractivity contribution in [3.05, 3.63) is 77.6 Å². The van der Waals surface area contributed by atoms with Gasteiger partial charge in [-0.1, -0.05) is 36.4 Å². The molecule has 1 aliphatic rings. The van der Waals surface area contributed by atoms with E-state index in [9.17, 15) is 14.0 Å². The monoisotopic (exact) mass is 448 g/mol. The highest BCUT2D eigenvalue weighted by atomic mass is 19.1. The van der Waals surface area contributed by atoms with Gasteiger partial charge in [-0.05, 0) is 55.0 Å². The topological polar surface area (TPSA) is 49.9 Å². The van der Waals surface area contributed by atoms with Gasteiger partial charge in [0, 0.05) is 37.1 Å². The lowest BCUT2D eigenvalue weighted by Gasteiger charge is -2.35. The molecule has 33 heavy (non-hydrogen) atoms. The van der Waals surface area contributed by atoms with Crippen LogP contribution in [0.25, 0.3) is 10.8 Å². The Hall–Kier alpha value is -3.41. The van der Waals surface area contributed by atoms with E-state index in [1.54, 1.807) is 29.0 Å². The number of piperidine rings is 1. The Kier molecular flexibility index (Phi) is 6.92. The second-order valence-corrected chi connectivity index (χ2v) is 8.43. The van der Waals surface area contributed by atoms with Crippen LogP contribution in [0.3, 0.4) is 0 Å². The van der Waals surface area contributed by atoms with Crippen molar-refractivity contribution in [2.24, 2.45) is 5.92 Å². The Balaban J connectivity index is 1.52. The van der Waals surface area contributed by atoms with Crippen LogP contribution < -0.4 is 4.74 Å². The average Bonchev–Trinajstić information content (AvgIpc) is 2.86. The third kappa shape index (κ3) is 4.85. The SMILES string of the molecule is CCN(Cc1cccc(F)c1)C(=O)C1CCCN(C(=O)c2ccc(OC)c3ccccc23)C1. The fraction of sp³-hybridized carbons (Fsp3) is 0.333. The van der Waals surface area contributed by atoms with Crippen molar-refractivity contribution in [2.45, 2.75) is 26.3 Å². The van der Waals surface area contributed by atoms with Crippen molar-refractivity contribution >= 4 is 22.6 Å². The van der Waals surface area contributed by atoms with Crippen molar-refractivity contribution in [1.82, 2.24) is 9.80 Å². The van der Waals surface area contributed by atoms with Crippen LogP contribution in [0, 0.1) is 11.7 Å². The van der Waals surface area contributed by atoms with E-state index in [-0.39, 0.29) is 23.5 Å². The first-order valence-electron chi connectivity index (χ1n) is 11.4. The molecule has 3 aromatic rings. The molecule has 0 saturated carbocycles. The molecular formula is C27H29FN2O3. The predicted octanol–water partition coefficient (Wildman–Crippen LogP) is 4.89. The van der Waals surface area contributed by atoms with Gasteiger partial charge in [0.05, 0.1) is 13.0 Å². The first-order chi connectivity index (χ1) is 16.0. The third-order valence-electron chi connectivity index (χ3n) is 6.35. The first kappa shape index (κ1) is 22.8. The first-order valence-corrected chi connectivity index (χ1v) is 11.4. The maximum Gasteiger partial charge on any atom is 0.254 e. The van der Waals surface area contributed by atoms with E-state index in [0.29, 0.717) is 31.7 Å². The molecule has 1 fully saturated rings. The number of halogens is 1. The number of benzene rings is 3. The summed E-state index contributed by atoms with van der Waals surface area (Å²) in [6, 6.07) is 17.7. The molecule has 1 heterocycles. The molecule has 5 nitrogen and oxygen atoms in total. The summed E-state index contributed by atoms with van der Waals surface area (Å²) in [5.74, 6) is 0.0982. The van der Waals surface area contributed by atoms with Crippen LogP contribution >= 0.6 is 0 Å². The lowest BCUT2D eigenvalue weighted by Crippen LogP contribution is -2.46. The summed E-state index contributed by atoms with van der Waals surface area (Å²) in [5.41, 5.74) is 1.38. The standard InChI is InChI=1S/C27H29FN2O3/c1-3-29(17-19-8-6-10-21(28)16-19)26(31)20-9-7-15-30(18-20)27(32)24-13-14-25(33-2)23-12-5-4-11-22(23)24/h4-6,8,10-14,16,20H,3,7,9,15,17-18H2,1-2H3. The summed E-state index contributed by atoms with van der Waals surface area (Å²) in [5, 5.41) is 1.74. The van der Waals surface area contributed by atoms with E-state index < -0.39 is 0 Å². The summed E-state index contributed by atoms with van der Waals surface area (Å²) in [7, 11) is 1.62. The lowest BCUT2D eigenvalue weighted by molar-refractivity contribution is -0.137. The fourth-order valence-electron chi connectivity index (χ4n) is 4.63. The summed E-state index contributed by atoms with van der Waals surface area (Å²) in [6.07, 6.45) is 1.51. The predicted molar refractivity (Wildman–Crippen MR) is 127 cm³/mol. The number of hydrogen-bond donors (Lipinski definition) is 0. The highest BCUT2D eigenvalue weighted by Crippen LogP contribution is 2.30. The molecule has 4 rings (SSSR count). The van der Waals surface area contributed by atoms with Gasteiger partial charge in [0.2, 0.25) is 5.91 Å². The van der Waals surface area contributed by atoms with Gasteiger partial charge in [-0.2, -0.15) is 0 Å². The molecule has 3 aromatic carbocycles. The molecule has 0 N–H and O–H groups in total. The molecule has 6 heteroatoms. The minimum absolute atomic E-state index is 0.0128. The highest BCUT2D eigenvalue weighted by Gasteiger charge is 2.32. The number of methoxy groups -OCH3 is 1. The summed E-state index contributed by atoms with van der Waals surface area (Å²) < 4.78 is 19.0. The number of fused-ring (bicyclic) bond motifs is 1. The van der Waals surface area contributed by atoms with Crippen molar-refractivity contribution < 1.29 is 18.7 Å². The normalized spacial score (nSPS) is 16.0. The van der Waals surface area contributed by atoms with Gasteiger partial charge in [-0.15, -0.1) is 0 Å². The summed E-state index contributed by atoms with van der Waals surface area (Å²) in [4.78, 5) is 30.3. The van der Waals surface area contributed by atoms with Crippen molar-refractivity contribution in [2.75, 3.05) is 26.7 Å². The minimum atomic E-state index is -0.308. The molecule has 0 spiro atoms. The van der Waals surface area contributed by atoms with E-state index in [0.717, 1.165) is 34.9 Å². The zero-order valence-electron chi connectivity index (χ0n) is 19.1. The number of ether oxygens (including phenoxy) is 1. The quantitative estimate of drug-likeness (QED) is 0.540. The van der Waals surface area contributed by atoms with Gasteiger partial charge >= 0.3 is 0 Å². The van der Waals surface area contributed by atoms with E-state index in [1.165, 1.54) is 12.1 Å². The molecule has 1 saturated heterocycles. The van der Waals surface area contributed by atoms with Crippen molar-refractivity contribution in [3.63, 3.8) is 0 Å². The van der Waals surface area contributed by atoms with Gasteiger partial charge in [-0.3, -0.25) is 9.59 Å². The van der Waals surface area contributed by atoms with E-state index >= 15 is 0 Å². The van der Waals surface area contributed by atoms with Crippen molar-refractivity contribution in [1.29, 1.82) is 0 Å². The second-order valence-electron chi connectivity index (χ2n) is 8.43. The Bertz CT molecular complexity index is 1160. The van der Waals surface area contributed by atoms with E-state index in [2.05, 4.69) is 0 Å². The molecule has 0 bridgehead atoms. The van der Waals surface area contributed by atoms with Gasteiger partial charge in [0.25, 0.3) is 5.91 Å². The smallest absolute Gasteiger partial charge is 0.254 e. The molecule has 1 aliphatic heterocycles. The number of carbonyl (C=O) groups is 2. The maximum atomic E-state index is 13.6. The largest absolute Gasteiger partial charge is 0.496 e. The molecule has 0 aromatic heterocycles. The minimum Gasteiger partial charge on any atom is -0.496 e. The van der Waals surface area contributed by atoms with Crippen LogP contribution in [0.2, 0.25) is 0 Å². The summed E-state index contributed by atoms with van der Waals surface area (Å²) >= 11 is 0. The van der Waals surface area contributed by atoms with Crippen LogP contribution in [0.5, 0.6) is 5.75 Å². The average molecular weight is 449 g/mol.